The molecule has 1 N–H and O–H groups in total. The van der Waals surface area contributed by atoms with E-state index >= 15 is 0 Å². The molecule has 2 unspecified atom stereocenters. The number of nitrogens with one attached hydrogen (secondary N) is 1. The highest BCUT2D eigenvalue weighted by Crippen LogP contribution is 2.36. The summed E-state index contributed by atoms with van der Waals surface area (Å²) in [7, 11) is 1.78. The summed E-state index contributed by atoms with van der Waals surface area (Å²) >= 11 is 2.06. The lowest BCUT2D eigenvalue weighted by Crippen LogP contribution is -2.35. The number of hydrogen-bond donors (Lipinski definition) is 1. The van der Waals surface area contributed by atoms with Crippen molar-refractivity contribution in [3.8, 4) is 0 Å². The third-order valence-corrected chi connectivity index (χ3v) is 5.03. The number of rotatable bonds is 7. The van der Waals surface area contributed by atoms with Crippen molar-refractivity contribution in [1.82, 2.24) is 5.32 Å². The van der Waals surface area contributed by atoms with Gasteiger partial charge in [-0.25, -0.2) is 0 Å². The topological polar surface area (TPSA) is 21.3 Å². The largest absolute Gasteiger partial charge is 0.384 e. The van der Waals surface area contributed by atoms with Gasteiger partial charge in [-0.1, -0.05) is 31.2 Å². The quantitative estimate of drug-likeness (QED) is 0.773. The minimum Gasteiger partial charge on any atom is -0.384 e. The summed E-state index contributed by atoms with van der Waals surface area (Å²) < 4.78 is 5.18. The van der Waals surface area contributed by atoms with Crippen molar-refractivity contribution in [2.24, 2.45) is 0 Å². The fourth-order valence-electron chi connectivity index (χ4n) is 2.73. The third kappa shape index (κ3) is 3.98. The van der Waals surface area contributed by atoms with Gasteiger partial charge in [-0.15, -0.1) is 0 Å². The molecule has 0 radical (unpaired) electrons. The lowest BCUT2D eigenvalue weighted by atomic mass is 9.87. The standard InChI is InChI=1S/C16H25NOS/c1-3-10-17-16-14-7-5-4-6-13(14)8-9-15(16)19-12-11-18-2/h4-7,15-17H,3,8-12H2,1-2H3. The van der Waals surface area contributed by atoms with Crippen LogP contribution in [-0.4, -0.2) is 31.3 Å². The van der Waals surface area contributed by atoms with Crippen molar-refractivity contribution in [3.63, 3.8) is 0 Å². The summed E-state index contributed by atoms with van der Waals surface area (Å²) in [5, 5.41) is 4.42. The van der Waals surface area contributed by atoms with Crippen LogP contribution in [0.3, 0.4) is 0 Å². The van der Waals surface area contributed by atoms with Gasteiger partial charge in [0.2, 0.25) is 0 Å². The fraction of sp³-hybridized carbons (Fsp3) is 0.625. The number of benzene rings is 1. The Morgan fingerprint density at radius 1 is 1.37 bits per heavy atom. The van der Waals surface area contributed by atoms with Gasteiger partial charge in [0.1, 0.15) is 0 Å². The minimum absolute atomic E-state index is 0.506. The first-order chi connectivity index (χ1) is 9.36. The van der Waals surface area contributed by atoms with Crippen molar-refractivity contribution < 1.29 is 4.74 Å². The molecule has 0 amide bonds. The van der Waals surface area contributed by atoms with E-state index in [1.54, 1.807) is 7.11 Å². The maximum atomic E-state index is 5.18. The Kier molecular flexibility index (Phi) is 6.21. The maximum Gasteiger partial charge on any atom is 0.0553 e. The molecule has 1 aromatic rings. The fourth-order valence-corrected chi connectivity index (χ4v) is 4.02. The van der Waals surface area contributed by atoms with E-state index in [1.807, 2.05) is 0 Å². The van der Waals surface area contributed by atoms with Crippen LogP contribution in [-0.2, 0) is 11.2 Å². The highest BCUT2D eigenvalue weighted by atomic mass is 32.2. The average molecular weight is 279 g/mol. The second-order valence-electron chi connectivity index (χ2n) is 5.07. The minimum atomic E-state index is 0.506. The van der Waals surface area contributed by atoms with Gasteiger partial charge in [-0.3, -0.25) is 0 Å². The first-order valence-electron chi connectivity index (χ1n) is 7.28. The van der Waals surface area contributed by atoms with Crippen molar-refractivity contribution in [2.45, 2.75) is 37.5 Å². The normalized spacial score (nSPS) is 22.2. The molecule has 0 bridgehead atoms. The molecule has 0 saturated carbocycles. The van der Waals surface area contributed by atoms with Gasteiger partial charge < -0.3 is 10.1 Å². The van der Waals surface area contributed by atoms with Gasteiger partial charge in [-0.2, -0.15) is 11.8 Å². The number of thioether (sulfide) groups is 1. The summed E-state index contributed by atoms with van der Waals surface area (Å²) in [6, 6.07) is 9.42. The Labute approximate surface area is 121 Å². The molecule has 0 heterocycles. The molecular weight excluding hydrogens is 254 g/mol. The Morgan fingerprint density at radius 3 is 3.00 bits per heavy atom. The molecule has 0 saturated heterocycles. The molecule has 1 aliphatic carbocycles. The van der Waals surface area contributed by atoms with Gasteiger partial charge in [-0.05, 0) is 36.9 Å². The summed E-state index contributed by atoms with van der Waals surface area (Å²) in [5.74, 6) is 1.09. The van der Waals surface area contributed by atoms with Crippen molar-refractivity contribution in [1.29, 1.82) is 0 Å². The second kappa shape index (κ2) is 7.93. The van der Waals surface area contributed by atoms with Crippen LogP contribution < -0.4 is 5.32 Å². The first-order valence-corrected chi connectivity index (χ1v) is 8.33. The molecule has 0 aromatic heterocycles. The number of methoxy groups -OCH3 is 1. The van der Waals surface area contributed by atoms with Crippen LogP contribution in [0.4, 0.5) is 0 Å². The SMILES string of the molecule is CCCNC1c2ccccc2CCC1SCCOC. The molecule has 0 aliphatic heterocycles. The molecule has 3 heteroatoms. The van der Waals surface area contributed by atoms with Crippen LogP contribution in [0.1, 0.15) is 36.9 Å². The van der Waals surface area contributed by atoms with Crippen LogP contribution in [0.2, 0.25) is 0 Å². The lowest BCUT2D eigenvalue weighted by molar-refractivity contribution is 0.218. The highest BCUT2D eigenvalue weighted by Gasteiger charge is 2.28. The Hall–Kier alpha value is -0.510. The zero-order valence-electron chi connectivity index (χ0n) is 12.0. The predicted octanol–water partition coefficient (Wildman–Crippen LogP) is 3.42. The monoisotopic (exact) mass is 279 g/mol. The summed E-state index contributed by atoms with van der Waals surface area (Å²) in [6.45, 7) is 4.18. The molecular formula is C16H25NOS. The molecule has 2 rings (SSSR count). The summed E-state index contributed by atoms with van der Waals surface area (Å²) in [6.07, 6.45) is 3.67. The average Bonchev–Trinajstić information content (AvgIpc) is 2.46. The third-order valence-electron chi connectivity index (χ3n) is 3.69. The lowest BCUT2D eigenvalue weighted by Gasteiger charge is -2.34. The number of aryl methyl sites for hydroxylation is 1. The maximum absolute atomic E-state index is 5.18. The molecule has 19 heavy (non-hydrogen) atoms. The zero-order valence-corrected chi connectivity index (χ0v) is 12.8. The zero-order chi connectivity index (χ0) is 13.5. The van der Waals surface area contributed by atoms with Crippen LogP contribution >= 0.6 is 11.8 Å². The molecule has 2 nitrogen and oxygen atoms in total. The van der Waals surface area contributed by atoms with Crippen molar-refractivity contribution >= 4 is 11.8 Å². The van der Waals surface area contributed by atoms with Crippen molar-refractivity contribution in [2.75, 3.05) is 26.0 Å². The van der Waals surface area contributed by atoms with E-state index in [0.29, 0.717) is 11.3 Å². The molecule has 0 fully saturated rings. The smallest absolute Gasteiger partial charge is 0.0553 e. The van der Waals surface area contributed by atoms with E-state index in [2.05, 4.69) is 48.3 Å². The van der Waals surface area contributed by atoms with Crippen LogP contribution in [0.25, 0.3) is 0 Å². The van der Waals surface area contributed by atoms with Gasteiger partial charge in [0.25, 0.3) is 0 Å². The second-order valence-corrected chi connectivity index (χ2v) is 6.42. The van der Waals surface area contributed by atoms with E-state index in [4.69, 9.17) is 4.74 Å². The van der Waals surface area contributed by atoms with E-state index < -0.39 is 0 Å². The van der Waals surface area contributed by atoms with Crippen LogP contribution in [0, 0.1) is 0 Å². The number of hydrogen-bond acceptors (Lipinski definition) is 3. The molecule has 2 atom stereocenters. The van der Waals surface area contributed by atoms with Gasteiger partial charge in [0.15, 0.2) is 0 Å². The van der Waals surface area contributed by atoms with Crippen LogP contribution in [0.15, 0.2) is 24.3 Å². The summed E-state index contributed by atoms with van der Waals surface area (Å²) in [4.78, 5) is 0. The first kappa shape index (κ1) is 14.9. The molecule has 1 aromatic carbocycles. The molecule has 1 aliphatic rings. The summed E-state index contributed by atoms with van der Waals surface area (Å²) in [5.41, 5.74) is 3.04. The van der Waals surface area contributed by atoms with Gasteiger partial charge in [0.05, 0.1) is 6.61 Å². The predicted molar refractivity (Wildman–Crippen MR) is 83.9 cm³/mol. The van der Waals surface area contributed by atoms with Crippen LogP contribution in [0.5, 0.6) is 0 Å². The highest BCUT2D eigenvalue weighted by molar-refractivity contribution is 7.99. The van der Waals surface area contributed by atoms with E-state index in [0.717, 1.165) is 18.9 Å². The number of ether oxygens (including phenoxy) is 1. The Morgan fingerprint density at radius 2 is 2.21 bits per heavy atom. The molecule has 106 valence electrons. The molecule has 0 spiro atoms. The van der Waals surface area contributed by atoms with Crippen molar-refractivity contribution in [3.05, 3.63) is 35.4 Å². The Bertz CT molecular complexity index is 383. The van der Waals surface area contributed by atoms with Gasteiger partial charge >= 0.3 is 0 Å². The van der Waals surface area contributed by atoms with E-state index in [-0.39, 0.29) is 0 Å². The van der Waals surface area contributed by atoms with Gasteiger partial charge in [0, 0.05) is 24.2 Å². The van der Waals surface area contributed by atoms with E-state index in [1.165, 1.54) is 30.4 Å². The number of fused-ring (bicyclic) bond motifs is 1. The Balaban J connectivity index is 2.07. The van der Waals surface area contributed by atoms with E-state index in [9.17, 15) is 0 Å².